The number of anilines is 2. The van der Waals surface area contributed by atoms with Gasteiger partial charge in [0.25, 0.3) is 0 Å². The maximum Gasteiger partial charge on any atom is 0.319 e. The normalized spacial score (nSPS) is 12.6. The Hall–Kier alpha value is -3.04. The fourth-order valence-electron chi connectivity index (χ4n) is 2.77. The largest absolute Gasteiger partial charge is 0.326 e. The molecule has 7 nitrogen and oxygen atoms in total. The molecule has 3 aromatic rings. The van der Waals surface area contributed by atoms with Crippen LogP contribution < -0.4 is 16.0 Å². The predicted octanol–water partition coefficient (Wildman–Crippen LogP) is 5.17. The summed E-state index contributed by atoms with van der Waals surface area (Å²) in [5, 5.41) is 17.5. The molecule has 0 spiro atoms. The van der Waals surface area contributed by atoms with Gasteiger partial charge in [-0.1, -0.05) is 61.4 Å². The summed E-state index contributed by atoms with van der Waals surface area (Å²) in [6.07, 6.45) is 0.655. The minimum atomic E-state index is -0.822. The lowest BCUT2D eigenvalue weighted by atomic mass is 9.98. The first-order valence-corrected chi connectivity index (χ1v) is 10.8. The molecule has 0 bridgehead atoms. The molecule has 3 N–H and O–H groups in total. The van der Waals surface area contributed by atoms with Crippen LogP contribution in [-0.4, -0.2) is 28.2 Å². The third-order valence-electron chi connectivity index (χ3n) is 4.59. The topological polar surface area (TPSA) is 96.0 Å². The Kier molecular flexibility index (Phi) is 7.54. The number of hydrogen-bond acceptors (Lipinski definition) is 5. The van der Waals surface area contributed by atoms with Crippen LogP contribution in [0.3, 0.4) is 0 Å². The Morgan fingerprint density at radius 2 is 1.90 bits per heavy atom. The highest BCUT2D eigenvalue weighted by molar-refractivity contribution is 7.18. The molecular weight excluding hydrogens is 441 g/mol. The standard InChI is InChI=1S/C21H21ClFN5O2S/c1-3-12(2)17(25-20(30)24-16-9-5-8-15(23)11-16)18(29)26-21-28-27-19(31-21)13-6-4-7-14(22)10-13/h4-12,17H,3H2,1-2H3,(H2,24,25,30)(H,26,28,29)/t12-,17-/m0/s1. The van der Waals surface area contributed by atoms with Gasteiger partial charge in [-0.2, -0.15) is 0 Å². The molecule has 31 heavy (non-hydrogen) atoms. The fraction of sp³-hybridized carbons (Fsp3) is 0.238. The molecule has 0 aliphatic rings. The smallest absolute Gasteiger partial charge is 0.319 e. The van der Waals surface area contributed by atoms with E-state index >= 15 is 0 Å². The van der Waals surface area contributed by atoms with Gasteiger partial charge in [0.05, 0.1) is 0 Å². The zero-order valence-electron chi connectivity index (χ0n) is 16.9. The van der Waals surface area contributed by atoms with E-state index in [1.54, 1.807) is 24.3 Å². The van der Waals surface area contributed by atoms with E-state index in [-0.39, 0.29) is 11.6 Å². The second kappa shape index (κ2) is 10.3. The summed E-state index contributed by atoms with van der Waals surface area (Å²) in [4.78, 5) is 25.2. The van der Waals surface area contributed by atoms with Crippen molar-refractivity contribution in [2.24, 2.45) is 5.92 Å². The molecule has 1 heterocycles. The summed E-state index contributed by atoms with van der Waals surface area (Å²) >= 11 is 7.21. The van der Waals surface area contributed by atoms with E-state index in [2.05, 4.69) is 26.1 Å². The second-order valence-corrected chi connectivity index (χ2v) is 8.30. The van der Waals surface area contributed by atoms with Crippen LogP contribution in [0, 0.1) is 11.7 Å². The number of nitrogens with zero attached hydrogens (tertiary/aromatic N) is 2. The van der Waals surface area contributed by atoms with Crippen molar-refractivity contribution in [3.8, 4) is 10.6 Å². The third kappa shape index (κ3) is 6.22. The molecule has 3 amide bonds. The summed E-state index contributed by atoms with van der Waals surface area (Å²) in [6.45, 7) is 3.77. The molecule has 0 saturated carbocycles. The van der Waals surface area contributed by atoms with Crippen molar-refractivity contribution in [1.29, 1.82) is 0 Å². The van der Waals surface area contributed by atoms with Gasteiger partial charge in [0.2, 0.25) is 11.0 Å². The number of nitrogens with one attached hydrogen (secondary N) is 3. The molecule has 162 valence electrons. The van der Waals surface area contributed by atoms with Gasteiger partial charge in [-0.25, -0.2) is 9.18 Å². The van der Waals surface area contributed by atoms with E-state index in [1.807, 2.05) is 19.9 Å². The highest BCUT2D eigenvalue weighted by Gasteiger charge is 2.27. The van der Waals surface area contributed by atoms with E-state index in [0.29, 0.717) is 21.6 Å². The molecule has 0 aliphatic heterocycles. The summed E-state index contributed by atoms with van der Waals surface area (Å²) < 4.78 is 13.3. The Labute approximate surface area is 188 Å². The monoisotopic (exact) mass is 461 g/mol. The van der Waals surface area contributed by atoms with Gasteiger partial charge in [-0.05, 0) is 36.2 Å². The maximum atomic E-state index is 13.3. The van der Waals surface area contributed by atoms with Gasteiger partial charge >= 0.3 is 6.03 Å². The van der Waals surface area contributed by atoms with Crippen LogP contribution in [-0.2, 0) is 4.79 Å². The Morgan fingerprint density at radius 1 is 1.13 bits per heavy atom. The van der Waals surface area contributed by atoms with Gasteiger partial charge in [0.15, 0.2) is 0 Å². The molecule has 2 aromatic carbocycles. The van der Waals surface area contributed by atoms with Crippen LogP contribution in [0.1, 0.15) is 20.3 Å². The first kappa shape index (κ1) is 22.6. The quantitative estimate of drug-likeness (QED) is 0.452. The molecule has 1 aromatic heterocycles. The number of halogens is 2. The predicted molar refractivity (Wildman–Crippen MR) is 121 cm³/mol. The number of carbonyl (C=O) groups is 2. The molecule has 0 fully saturated rings. The summed E-state index contributed by atoms with van der Waals surface area (Å²) in [5.74, 6) is -1.04. The second-order valence-electron chi connectivity index (χ2n) is 6.88. The third-order valence-corrected chi connectivity index (χ3v) is 5.71. The maximum absolute atomic E-state index is 13.3. The van der Waals surface area contributed by atoms with Crippen LogP contribution >= 0.6 is 22.9 Å². The molecule has 0 aliphatic carbocycles. The van der Waals surface area contributed by atoms with Crippen molar-refractivity contribution in [2.45, 2.75) is 26.3 Å². The van der Waals surface area contributed by atoms with Crippen LogP contribution in [0.15, 0.2) is 48.5 Å². The van der Waals surface area contributed by atoms with Crippen molar-refractivity contribution in [3.05, 3.63) is 59.4 Å². The molecular formula is C21H21ClFN5O2S. The number of benzene rings is 2. The lowest BCUT2D eigenvalue weighted by molar-refractivity contribution is -0.119. The number of urea groups is 1. The van der Waals surface area contributed by atoms with E-state index in [4.69, 9.17) is 11.6 Å². The lowest BCUT2D eigenvalue weighted by Crippen LogP contribution is -2.49. The highest BCUT2D eigenvalue weighted by atomic mass is 35.5. The van der Waals surface area contributed by atoms with Crippen molar-refractivity contribution < 1.29 is 14.0 Å². The van der Waals surface area contributed by atoms with Gasteiger partial charge in [0.1, 0.15) is 16.9 Å². The summed E-state index contributed by atoms with van der Waals surface area (Å²) in [7, 11) is 0. The number of amides is 3. The average Bonchev–Trinajstić information content (AvgIpc) is 3.20. The van der Waals surface area contributed by atoms with Crippen LogP contribution in [0.5, 0.6) is 0 Å². The van der Waals surface area contributed by atoms with Crippen LogP contribution in [0.25, 0.3) is 10.6 Å². The number of rotatable bonds is 7. The minimum absolute atomic E-state index is 0.154. The summed E-state index contributed by atoms with van der Waals surface area (Å²) in [6, 6.07) is 11.2. The number of carbonyl (C=O) groups excluding carboxylic acids is 2. The van der Waals surface area contributed by atoms with Gasteiger partial charge in [-0.3, -0.25) is 10.1 Å². The fourth-order valence-corrected chi connectivity index (χ4v) is 3.70. The minimum Gasteiger partial charge on any atom is -0.326 e. The van der Waals surface area contributed by atoms with Gasteiger partial charge < -0.3 is 10.6 Å². The van der Waals surface area contributed by atoms with E-state index < -0.39 is 23.8 Å². The Balaban J connectivity index is 1.68. The van der Waals surface area contributed by atoms with E-state index in [1.165, 1.54) is 29.5 Å². The van der Waals surface area contributed by atoms with Gasteiger partial charge in [-0.15, -0.1) is 10.2 Å². The molecule has 2 atom stereocenters. The Morgan fingerprint density at radius 3 is 2.61 bits per heavy atom. The first-order valence-electron chi connectivity index (χ1n) is 9.59. The van der Waals surface area contributed by atoms with Crippen LogP contribution in [0.4, 0.5) is 20.0 Å². The van der Waals surface area contributed by atoms with Crippen molar-refractivity contribution >= 4 is 45.7 Å². The highest BCUT2D eigenvalue weighted by Crippen LogP contribution is 2.28. The number of aromatic nitrogens is 2. The zero-order valence-corrected chi connectivity index (χ0v) is 18.4. The molecule has 3 rings (SSSR count). The molecule has 10 heteroatoms. The van der Waals surface area contributed by atoms with Crippen molar-refractivity contribution in [1.82, 2.24) is 15.5 Å². The molecule has 0 radical (unpaired) electrons. The summed E-state index contributed by atoms with van der Waals surface area (Å²) in [5.41, 5.74) is 1.08. The van der Waals surface area contributed by atoms with E-state index in [9.17, 15) is 14.0 Å². The molecule has 0 saturated heterocycles. The SMILES string of the molecule is CC[C@H](C)[C@H](NC(=O)Nc1cccc(F)c1)C(=O)Nc1nnc(-c2cccc(Cl)c2)s1. The average molecular weight is 462 g/mol. The Bertz CT molecular complexity index is 1080. The van der Waals surface area contributed by atoms with Gasteiger partial charge in [0, 0.05) is 16.3 Å². The lowest BCUT2D eigenvalue weighted by Gasteiger charge is -2.23. The number of hydrogen-bond donors (Lipinski definition) is 3. The van der Waals surface area contributed by atoms with E-state index in [0.717, 1.165) is 5.56 Å². The van der Waals surface area contributed by atoms with Crippen LogP contribution in [0.2, 0.25) is 5.02 Å². The first-order chi connectivity index (χ1) is 14.9. The molecule has 0 unspecified atom stereocenters. The van der Waals surface area contributed by atoms with Crippen molar-refractivity contribution in [3.63, 3.8) is 0 Å². The zero-order chi connectivity index (χ0) is 22.4. The van der Waals surface area contributed by atoms with Crippen molar-refractivity contribution in [2.75, 3.05) is 10.6 Å².